The SMILES string of the molecule is COc1ccc(CCN2C(=O)[C@@H]3[C@H](CCC(N)=O)N[C@@]4(C(=O)Nc5c(C)cc(C)cc54)[C@H]3C2=O)cc1OC. The fourth-order valence-electron chi connectivity index (χ4n) is 6.36. The number of nitrogens with two attached hydrogens (primary N) is 1. The van der Waals surface area contributed by atoms with E-state index in [0.29, 0.717) is 29.2 Å². The molecule has 200 valence electrons. The van der Waals surface area contributed by atoms with Gasteiger partial charge in [-0.1, -0.05) is 23.8 Å². The van der Waals surface area contributed by atoms with Crippen LogP contribution in [0.25, 0.3) is 0 Å². The third-order valence-corrected chi connectivity index (χ3v) is 8.03. The van der Waals surface area contributed by atoms with Crippen molar-refractivity contribution in [2.24, 2.45) is 17.6 Å². The topological polar surface area (TPSA) is 140 Å². The van der Waals surface area contributed by atoms with Crippen molar-refractivity contribution in [3.8, 4) is 11.5 Å². The Balaban J connectivity index is 1.50. The Hall–Kier alpha value is -3.92. The van der Waals surface area contributed by atoms with Gasteiger partial charge < -0.3 is 20.5 Å². The van der Waals surface area contributed by atoms with Gasteiger partial charge in [0.15, 0.2) is 11.5 Å². The van der Waals surface area contributed by atoms with Crippen LogP contribution in [0.3, 0.4) is 0 Å². The van der Waals surface area contributed by atoms with E-state index in [9.17, 15) is 19.2 Å². The molecule has 2 saturated heterocycles. The van der Waals surface area contributed by atoms with Gasteiger partial charge in [-0.05, 0) is 49.9 Å². The number of aryl methyl sites for hydroxylation is 2. The molecule has 0 radical (unpaired) electrons. The number of likely N-dealkylation sites (tertiary alicyclic amines) is 1. The van der Waals surface area contributed by atoms with Crippen molar-refractivity contribution in [1.29, 1.82) is 0 Å². The van der Waals surface area contributed by atoms with E-state index in [2.05, 4.69) is 10.6 Å². The van der Waals surface area contributed by atoms with E-state index in [-0.39, 0.29) is 31.2 Å². The molecule has 0 unspecified atom stereocenters. The molecule has 3 aliphatic rings. The average molecular weight is 521 g/mol. The van der Waals surface area contributed by atoms with Crippen LogP contribution in [0.4, 0.5) is 5.69 Å². The van der Waals surface area contributed by atoms with E-state index in [4.69, 9.17) is 15.2 Å². The molecular formula is C28H32N4O6. The highest BCUT2D eigenvalue weighted by atomic mass is 16.5. The second-order valence-electron chi connectivity index (χ2n) is 10.3. The van der Waals surface area contributed by atoms with Crippen LogP contribution in [0.1, 0.15) is 35.1 Å². The summed E-state index contributed by atoms with van der Waals surface area (Å²) in [6.07, 6.45) is 0.685. The number of nitrogens with zero attached hydrogens (tertiary/aromatic N) is 1. The third kappa shape index (κ3) is 3.82. The van der Waals surface area contributed by atoms with Crippen LogP contribution in [0.5, 0.6) is 11.5 Å². The van der Waals surface area contributed by atoms with Crippen LogP contribution < -0.4 is 25.8 Å². The second kappa shape index (κ2) is 9.43. The number of carbonyl (C=O) groups is 4. The molecule has 3 heterocycles. The lowest BCUT2D eigenvalue weighted by molar-refractivity contribution is -0.142. The van der Waals surface area contributed by atoms with Crippen molar-refractivity contribution < 1.29 is 28.7 Å². The first kappa shape index (κ1) is 25.7. The number of anilines is 1. The van der Waals surface area contributed by atoms with Gasteiger partial charge in [-0.25, -0.2) is 0 Å². The summed E-state index contributed by atoms with van der Waals surface area (Å²) in [7, 11) is 3.10. The highest BCUT2D eigenvalue weighted by Crippen LogP contribution is 2.54. The maximum Gasteiger partial charge on any atom is 0.250 e. The molecule has 5 rings (SSSR count). The molecule has 1 spiro atoms. The molecule has 10 heteroatoms. The molecular weight excluding hydrogens is 488 g/mol. The molecule has 0 aromatic heterocycles. The summed E-state index contributed by atoms with van der Waals surface area (Å²) in [6.45, 7) is 3.98. The largest absolute Gasteiger partial charge is 0.493 e. The smallest absolute Gasteiger partial charge is 0.250 e. The molecule has 4 atom stereocenters. The average Bonchev–Trinajstić information content (AvgIpc) is 3.46. The molecule has 0 bridgehead atoms. The number of ether oxygens (including phenoxy) is 2. The van der Waals surface area contributed by atoms with Crippen molar-refractivity contribution in [2.75, 3.05) is 26.1 Å². The fraction of sp³-hybridized carbons (Fsp3) is 0.429. The zero-order valence-electron chi connectivity index (χ0n) is 21.9. The first-order valence-corrected chi connectivity index (χ1v) is 12.7. The normalized spacial score (nSPS) is 25.5. The molecule has 4 amide bonds. The van der Waals surface area contributed by atoms with Crippen LogP contribution in [-0.2, 0) is 31.1 Å². The highest BCUT2D eigenvalue weighted by Gasteiger charge is 2.70. The van der Waals surface area contributed by atoms with Gasteiger partial charge in [-0.2, -0.15) is 0 Å². The number of imide groups is 1. The van der Waals surface area contributed by atoms with Crippen LogP contribution in [0, 0.1) is 25.7 Å². The number of nitrogens with one attached hydrogen (secondary N) is 2. The van der Waals surface area contributed by atoms with Crippen LogP contribution in [0.15, 0.2) is 30.3 Å². The third-order valence-electron chi connectivity index (χ3n) is 8.03. The minimum absolute atomic E-state index is 0.0331. The Morgan fingerprint density at radius 2 is 1.79 bits per heavy atom. The minimum Gasteiger partial charge on any atom is -0.493 e. The maximum atomic E-state index is 14.0. The van der Waals surface area contributed by atoms with E-state index in [1.807, 2.05) is 38.1 Å². The summed E-state index contributed by atoms with van der Waals surface area (Å²) in [5.41, 5.74) is 8.03. The van der Waals surface area contributed by atoms with Gasteiger partial charge in [0.1, 0.15) is 5.54 Å². The quantitative estimate of drug-likeness (QED) is 0.449. The summed E-state index contributed by atoms with van der Waals surface area (Å²) >= 11 is 0. The van der Waals surface area contributed by atoms with E-state index in [1.165, 1.54) is 4.90 Å². The molecule has 2 fully saturated rings. The molecule has 0 aliphatic carbocycles. The Morgan fingerprint density at radius 1 is 1.05 bits per heavy atom. The Kier molecular flexibility index (Phi) is 6.38. The second-order valence-corrected chi connectivity index (χ2v) is 10.3. The van der Waals surface area contributed by atoms with Gasteiger partial charge in [-0.3, -0.25) is 29.4 Å². The standard InChI is InChI=1S/C28H32N4O6/c1-14-11-15(2)24-17(12-14)28(27(36)30-24)23-22(18(31-28)6-8-21(29)33)25(34)32(26(23)35)10-9-16-5-7-19(37-3)20(13-16)38-4/h5,7,11-13,18,22-23,31H,6,8-10H2,1-4H3,(H2,29,33)(H,30,36)/t18-,22+,23+,28+/m0/s1. The van der Waals surface area contributed by atoms with Crippen molar-refractivity contribution in [2.45, 2.75) is 44.7 Å². The Morgan fingerprint density at radius 3 is 2.47 bits per heavy atom. The number of fused-ring (bicyclic) bond motifs is 4. The van der Waals surface area contributed by atoms with E-state index in [1.54, 1.807) is 20.3 Å². The number of carbonyl (C=O) groups excluding carboxylic acids is 4. The zero-order valence-corrected chi connectivity index (χ0v) is 21.9. The molecule has 10 nitrogen and oxygen atoms in total. The molecule has 4 N–H and O–H groups in total. The molecule has 3 aliphatic heterocycles. The molecule has 2 aromatic rings. The van der Waals surface area contributed by atoms with Crippen LogP contribution >= 0.6 is 0 Å². The lowest BCUT2D eigenvalue weighted by atomic mass is 9.75. The van der Waals surface area contributed by atoms with Gasteiger partial charge in [-0.15, -0.1) is 0 Å². The van der Waals surface area contributed by atoms with Crippen molar-refractivity contribution in [3.05, 3.63) is 52.6 Å². The molecule has 0 saturated carbocycles. The lowest BCUT2D eigenvalue weighted by Gasteiger charge is -2.30. The zero-order chi connectivity index (χ0) is 27.4. The predicted octanol–water partition coefficient (Wildman–Crippen LogP) is 1.55. The lowest BCUT2D eigenvalue weighted by Crippen LogP contribution is -2.53. The van der Waals surface area contributed by atoms with Gasteiger partial charge >= 0.3 is 0 Å². The number of benzene rings is 2. The summed E-state index contributed by atoms with van der Waals surface area (Å²) in [5, 5.41) is 6.30. The Labute approximate surface area is 220 Å². The number of amides is 4. The number of rotatable bonds is 8. The monoisotopic (exact) mass is 520 g/mol. The molecule has 2 aromatic carbocycles. The summed E-state index contributed by atoms with van der Waals surface area (Å²) < 4.78 is 10.7. The van der Waals surface area contributed by atoms with Crippen molar-refractivity contribution in [3.63, 3.8) is 0 Å². The summed E-state index contributed by atoms with van der Waals surface area (Å²) in [5.74, 6) is -2.18. The number of hydrogen-bond donors (Lipinski definition) is 3. The summed E-state index contributed by atoms with van der Waals surface area (Å²) in [6, 6.07) is 8.75. The van der Waals surface area contributed by atoms with Gasteiger partial charge in [0.2, 0.25) is 23.6 Å². The van der Waals surface area contributed by atoms with Gasteiger partial charge in [0.05, 0.1) is 26.1 Å². The minimum atomic E-state index is -1.40. The van der Waals surface area contributed by atoms with Crippen LogP contribution in [-0.4, -0.2) is 55.3 Å². The fourth-order valence-corrected chi connectivity index (χ4v) is 6.36. The van der Waals surface area contributed by atoms with Gasteiger partial charge in [0, 0.05) is 30.3 Å². The van der Waals surface area contributed by atoms with E-state index < -0.39 is 35.2 Å². The van der Waals surface area contributed by atoms with E-state index in [0.717, 1.165) is 16.7 Å². The maximum absolute atomic E-state index is 14.0. The van der Waals surface area contributed by atoms with Gasteiger partial charge in [0.25, 0.3) is 0 Å². The number of hydrogen-bond acceptors (Lipinski definition) is 7. The first-order chi connectivity index (χ1) is 18.1. The van der Waals surface area contributed by atoms with Crippen molar-refractivity contribution in [1.82, 2.24) is 10.2 Å². The number of methoxy groups -OCH3 is 2. The highest BCUT2D eigenvalue weighted by molar-refractivity contribution is 6.15. The first-order valence-electron chi connectivity index (χ1n) is 12.7. The van der Waals surface area contributed by atoms with E-state index >= 15 is 0 Å². The molecule has 38 heavy (non-hydrogen) atoms. The van der Waals surface area contributed by atoms with Crippen LogP contribution in [0.2, 0.25) is 0 Å². The predicted molar refractivity (Wildman–Crippen MR) is 139 cm³/mol. The van der Waals surface area contributed by atoms with Crippen molar-refractivity contribution >= 4 is 29.3 Å². The number of primary amides is 1. The summed E-state index contributed by atoms with van der Waals surface area (Å²) in [4.78, 5) is 54.2. The Bertz CT molecular complexity index is 1360.